The van der Waals surface area contributed by atoms with Crippen LogP contribution in [0.5, 0.6) is 0 Å². The van der Waals surface area contributed by atoms with Crippen LogP contribution in [-0.2, 0) is 9.59 Å². The average molecular weight is 486 g/mol. The normalized spacial score (nSPS) is 16.4. The number of rotatable bonds is 7. The number of aromatic nitrogens is 2. The molecule has 9 nitrogen and oxygen atoms in total. The molecule has 5 rings (SSSR count). The maximum atomic E-state index is 12.3. The molecular weight excluding hydrogens is 454 g/mol. The molecule has 0 spiro atoms. The molecule has 186 valence electrons. The van der Waals surface area contributed by atoms with Gasteiger partial charge in [0.1, 0.15) is 0 Å². The molecule has 9 heteroatoms. The van der Waals surface area contributed by atoms with Crippen LogP contribution < -0.4 is 21.3 Å². The monoisotopic (exact) mass is 485 g/mol. The fourth-order valence-corrected chi connectivity index (χ4v) is 4.32. The second-order valence-corrected chi connectivity index (χ2v) is 9.35. The molecule has 0 radical (unpaired) electrons. The Bertz CT molecular complexity index is 1230. The minimum Gasteiger partial charge on any atom is -0.368 e. The van der Waals surface area contributed by atoms with E-state index in [1.807, 2.05) is 47.4 Å². The highest BCUT2D eigenvalue weighted by Gasteiger charge is 2.30. The fraction of sp³-hybridized carbons (Fsp3) is 0.333. The fourth-order valence-electron chi connectivity index (χ4n) is 4.32. The summed E-state index contributed by atoms with van der Waals surface area (Å²) in [4.78, 5) is 37.6. The van der Waals surface area contributed by atoms with Crippen molar-refractivity contribution in [3.8, 4) is 11.3 Å². The van der Waals surface area contributed by atoms with Gasteiger partial charge >= 0.3 is 0 Å². The summed E-state index contributed by atoms with van der Waals surface area (Å²) in [7, 11) is 0. The number of hydrogen-bond acceptors (Lipinski definition) is 7. The molecule has 0 bridgehead atoms. The Morgan fingerprint density at radius 2 is 1.72 bits per heavy atom. The van der Waals surface area contributed by atoms with Gasteiger partial charge in [0.15, 0.2) is 0 Å². The van der Waals surface area contributed by atoms with Crippen molar-refractivity contribution in [3.63, 3.8) is 0 Å². The van der Waals surface area contributed by atoms with Crippen molar-refractivity contribution in [1.29, 1.82) is 0 Å². The molecule has 1 aromatic heterocycles. The van der Waals surface area contributed by atoms with Gasteiger partial charge in [-0.2, -0.15) is 0 Å². The van der Waals surface area contributed by atoms with Gasteiger partial charge < -0.3 is 26.2 Å². The van der Waals surface area contributed by atoms with Crippen molar-refractivity contribution in [2.45, 2.75) is 25.8 Å². The Hall–Kier alpha value is -3.98. The van der Waals surface area contributed by atoms with Crippen molar-refractivity contribution in [1.82, 2.24) is 14.9 Å². The lowest BCUT2D eigenvalue weighted by Crippen LogP contribution is -2.52. The third-order valence-electron chi connectivity index (χ3n) is 6.53. The maximum absolute atomic E-state index is 12.3. The number of nitrogens with two attached hydrogens (primary N) is 1. The number of benzene rings is 2. The number of nitrogens with one attached hydrogen (secondary N) is 2. The summed E-state index contributed by atoms with van der Waals surface area (Å²) in [6, 6.07) is 17.2. The first-order chi connectivity index (χ1) is 17.5. The smallest absolute Gasteiger partial charge is 0.239 e. The number of anilines is 4. The van der Waals surface area contributed by atoms with Crippen molar-refractivity contribution < 1.29 is 9.59 Å². The zero-order valence-corrected chi connectivity index (χ0v) is 20.4. The molecule has 2 heterocycles. The number of nitrogens with zero attached hydrogens (tertiary/aromatic N) is 4. The predicted molar refractivity (Wildman–Crippen MR) is 141 cm³/mol. The predicted octanol–water partition coefficient (Wildman–Crippen LogP) is 3.23. The summed E-state index contributed by atoms with van der Waals surface area (Å²) in [5, 5.41) is 6.31. The number of hydrogen-bond donors (Lipinski definition) is 3. The van der Waals surface area contributed by atoms with Crippen LogP contribution in [0.3, 0.4) is 0 Å². The molecule has 2 aromatic carbocycles. The summed E-state index contributed by atoms with van der Waals surface area (Å²) in [5.41, 5.74) is 10.1. The Labute approximate surface area is 210 Å². The number of carbonyl (C=O) groups is 2. The van der Waals surface area contributed by atoms with E-state index in [1.165, 1.54) is 0 Å². The third kappa shape index (κ3) is 5.46. The summed E-state index contributed by atoms with van der Waals surface area (Å²) < 4.78 is 0. The van der Waals surface area contributed by atoms with Crippen LogP contribution in [0.15, 0.2) is 60.8 Å². The Morgan fingerprint density at radius 1 is 1.00 bits per heavy atom. The SMILES string of the molecule is CC(N)C(=O)N1CCN(c2ccc(Nc3nccc(-c4ccccc4NC(=O)C4CC4)n3)cc2)CC1. The average Bonchev–Trinajstić information content (AvgIpc) is 3.75. The lowest BCUT2D eigenvalue weighted by molar-refractivity contribution is -0.132. The van der Waals surface area contributed by atoms with Crippen LogP contribution >= 0.6 is 0 Å². The molecule has 1 saturated heterocycles. The quantitative estimate of drug-likeness (QED) is 0.470. The zero-order valence-electron chi connectivity index (χ0n) is 20.4. The highest BCUT2D eigenvalue weighted by molar-refractivity contribution is 5.97. The van der Waals surface area contributed by atoms with Crippen LogP contribution in [0.25, 0.3) is 11.3 Å². The van der Waals surface area contributed by atoms with E-state index in [0.29, 0.717) is 19.0 Å². The first kappa shape index (κ1) is 23.7. The first-order valence-corrected chi connectivity index (χ1v) is 12.4. The summed E-state index contributed by atoms with van der Waals surface area (Å²) >= 11 is 0. The summed E-state index contributed by atoms with van der Waals surface area (Å²) in [5.74, 6) is 0.678. The number of amides is 2. The summed E-state index contributed by atoms with van der Waals surface area (Å²) in [6.07, 6.45) is 3.62. The van der Waals surface area contributed by atoms with Gasteiger partial charge in [-0.05, 0) is 56.2 Å². The maximum Gasteiger partial charge on any atom is 0.239 e. The van der Waals surface area contributed by atoms with Gasteiger partial charge in [-0.1, -0.05) is 18.2 Å². The van der Waals surface area contributed by atoms with Gasteiger partial charge in [-0.15, -0.1) is 0 Å². The Kier molecular flexibility index (Phi) is 6.81. The van der Waals surface area contributed by atoms with E-state index in [4.69, 9.17) is 5.73 Å². The zero-order chi connectivity index (χ0) is 25.1. The molecule has 4 N–H and O–H groups in total. The number of para-hydroxylation sites is 1. The lowest BCUT2D eigenvalue weighted by Gasteiger charge is -2.36. The highest BCUT2D eigenvalue weighted by atomic mass is 16.2. The molecule has 36 heavy (non-hydrogen) atoms. The Balaban J connectivity index is 1.24. The van der Waals surface area contributed by atoms with E-state index >= 15 is 0 Å². The molecule has 2 amide bonds. The second kappa shape index (κ2) is 10.3. The molecular formula is C27H31N7O2. The minimum atomic E-state index is -0.461. The van der Waals surface area contributed by atoms with E-state index in [0.717, 1.165) is 54.3 Å². The van der Waals surface area contributed by atoms with Gasteiger partial charge in [-0.3, -0.25) is 9.59 Å². The number of piperazine rings is 1. The Morgan fingerprint density at radius 3 is 2.42 bits per heavy atom. The lowest BCUT2D eigenvalue weighted by atomic mass is 10.1. The first-order valence-electron chi connectivity index (χ1n) is 12.4. The van der Waals surface area contributed by atoms with Crippen LogP contribution in [0.2, 0.25) is 0 Å². The van der Waals surface area contributed by atoms with E-state index in [-0.39, 0.29) is 17.7 Å². The van der Waals surface area contributed by atoms with Gasteiger partial charge in [0.25, 0.3) is 0 Å². The van der Waals surface area contributed by atoms with Crippen molar-refractivity contribution >= 4 is 34.8 Å². The molecule has 1 aliphatic heterocycles. The largest absolute Gasteiger partial charge is 0.368 e. The van der Waals surface area contributed by atoms with Crippen LogP contribution in [-0.4, -0.2) is 58.9 Å². The third-order valence-corrected chi connectivity index (χ3v) is 6.53. The van der Waals surface area contributed by atoms with E-state index < -0.39 is 6.04 Å². The van der Waals surface area contributed by atoms with Gasteiger partial charge in [0.05, 0.1) is 17.4 Å². The van der Waals surface area contributed by atoms with Crippen LogP contribution in [0.1, 0.15) is 19.8 Å². The van der Waals surface area contributed by atoms with Gasteiger partial charge in [-0.25, -0.2) is 9.97 Å². The van der Waals surface area contributed by atoms with E-state index in [1.54, 1.807) is 13.1 Å². The molecule has 1 unspecified atom stereocenters. The van der Waals surface area contributed by atoms with Crippen molar-refractivity contribution in [3.05, 3.63) is 60.8 Å². The molecule has 1 aliphatic carbocycles. The molecule has 1 saturated carbocycles. The van der Waals surface area contributed by atoms with Crippen molar-refractivity contribution in [2.75, 3.05) is 41.7 Å². The van der Waals surface area contributed by atoms with Crippen LogP contribution in [0.4, 0.5) is 23.0 Å². The second-order valence-electron chi connectivity index (χ2n) is 9.35. The van der Waals surface area contributed by atoms with Crippen LogP contribution in [0, 0.1) is 5.92 Å². The van der Waals surface area contributed by atoms with E-state index in [2.05, 4.69) is 37.6 Å². The van der Waals surface area contributed by atoms with Crippen molar-refractivity contribution in [2.24, 2.45) is 11.7 Å². The summed E-state index contributed by atoms with van der Waals surface area (Å²) in [6.45, 7) is 4.61. The highest BCUT2D eigenvalue weighted by Crippen LogP contribution is 2.33. The van der Waals surface area contributed by atoms with E-state index in [9.17, 15) is 9.59 Å². The minimum absolute atomic E-state index is 0.00402. The van der Waals surface area contributed by atoms with Gasteiger partial charge in [0.2, 0.25) is 17.8 Å². The molecule has 1 atom stereocenters. The topological polar surface area (TPSA) is 116 Å². The number of carbonyl (C=O) groups excluding carboxylic acids is 2. The molecule has 2 aliphatic rings. The molecule has 3 aromatic rings. The standard InChI is InChI=1S/C27H31N7O2/c1-18(28)26(36)34-16-14-33(15-17-34)21-10-8-20(9-11-21)30-27-29-13-12-24(32-27)22-4-2-3-5-23(22)31-25(35)19-6-7-19/h2-5,8-13,18-19H,6-7,14-17,28H2,1H3,(H,31,35)(H,29,30,32). The van der Waals surface area contributed by atoms with Gasteiger partial charge in [0, 0.05) is 55.2 Å². The molecule has 2 fully saturated rings.